The van der Waals surface area contributed by atoms with Crippen molar-refractivity contribution in [3.05, 3.63) is 29.8 Å². The second-order valence-corrected chi connectivity index (χ2v) is 6.90. The molecule has 22 heavy (non-hydrogen) atoms. The van der Waals surface area contributed by atoms with Crippen LogP contribution in [-0.4, -0.2) is 60.4 Å². The van der Waals surface area contributed by atoms with Crippen LogP contribution in [0.2, 0.25) is 0 Å². The van der Waals surface area contributed by atoms with Gasteiger partial charge in [-0.05, 0) is 49.3 Å². The maximum atomic E-state index is 12.4. The first kappa shape index (κ1) is 17.3. The van der Waals surface area contributed by atoms with Gasteiger partial charge in [0.25, 0.3) is 0 Å². The monoisotopic (exact) mass is 322 g/mol. The van der Waals surface area contributed by atoms with Crippen molar-refractivity contribution in [3.8, 4) is 0 Å². The molecular formula is C17H26N2O2S. The van der Waals surface area contributed by atoms with E-state index in [4.69, 9.17) is 0 Å². The quantitative estimate of drug-likeness (QED) is 0.814. The lowest BCUT2D eigenvalue weighted by molar-refractivity contribution is -0.132. The van der Waals surface area contributed by atoms with Crippen LogP contribution in [0, 0.1) is 5.92 Å². The summed E-state index contributed by atoms with van der Waals surface area (Å²) in [5.74, 6) is 0.471. The van der Waals surface area contributed by atoms with Gasteiger partial charge in [0, 0.05) is 31.6 Å². The first-order valence-electron chi connectivity index (χ1n) is 7.82. The molecule has 1 aliphatic heterocycles. The summed E-state index contributed by atoms with van der Waals surface area (Å²) in [4.78, 5) is 17.5. The summed E-state index contributed by atoms with van der Waals surface area (Å²) in [6.07, 6.45) is 4.19. The highest BCUT2D eigenvalue weighted by atomic mass is 32.2. The first-order chi connectivity index (χ1) is 10.6. The van der Waals surface area contributed by atoms with Gasteiger partial charge < -0.3 is 10.0 Å². The lowest BCUT2D eigenvalue weighted by Gasteiger charge is -2.32. The van der Waals surface area contributed by atoms with E-state index in [1.165, 1.54) is 4.90 Å². The third-order valence-corrected chi connectivity index (χ3v) is 4.97. The van der Waals surface area contributed by atoms with Gasteiger partial charge in [-0.3, -0.25) is 9.69 Å². The number of benzene rings is 1. The Balaban J connectivity index is 1.83. The zero-order valence-electron chi connectivity index (χ0n) is 13.5. The van der Waals surface area contributed by atoms with Crippen LogP contribution in [0.4, 0.5) is 0 Å². The molecule has 1 unspecified atom stereocenters. The maximum absolute atomic E-state index is 12.4. The summed E-state index contributed by atoms with van der Waals surface area (Å²) in [7, 11) is 1.86. The van der Waals surface area contributed by atoms with Gasteiger partial charge in [0.15, 0.2) is 0 Å². The van der Waals surface area contributed by atoms with Crippen LogP contribution < -0.4 is 0 Å². The molecule has 1 N–H and O–H groups in total. The number of carbonyl (C=O) groups excluding carboxylic acids is 1. The molecule has 1 saturated heterocycles. The van der Waals surface area contributed by atoms with Gasteiger partial charge in [-0.1, -0.05) is 12.1 Å². The fourth-order valence-corrected chi connectivity index (χ4v) is 3.26. The smallest absolute Gasteiger partial charge is 0.236 e. The van der Waals surface area contributed by atoms with Crippen molar-refractivity contribution in [1.29, 1.82) is 0 Å². The number of nitrogens with zero attached hydrogens (tertiary/aromatic N) is 2. The average Bonchev–Trinajstić information content (AvgIpc) is 2.55. The molecule has 2 rings (SSSR count). The van der Waals surface area contributed by atoms with E-state index in [2.05, 4.69) is 35.4 Å². The normalized spacial score (nSPS) is 19.1. The van der Waals surface area contributed by atoms with Crippen LogP contribution in [0.15, 0.2) is 29.2 Å². The number of likely N-dealkylation sites (tertiary alicyclic amines) is 1. The fourth-order valence-electron chi connectivity index (χ4n) is 2.85. The lowest BCUT2D eigenvalue weighted by atomic mass is 9.99. The van der Waals surface area contributed by atoms with Crippen molar-refractivity contribution in [2.45, 2.75) is 24.3 Å². The predicted molar refractivity (Wildman–Crippen MR) is 90.9 cm³/mol. The molecular weight excluding hydrogens is 296 g/mol. The Morgan fingerprint density at radius 1 is 1.41 bits per heavy atom. The fraction of sp³-hybridized carbons (Fsp3) is 0.588. The third kappa shape index (κ3) is 5.00. The van der Waals surface area contributed by atoms with Crippen LogP contribution in [-0.2, 0) is 11.3 Å². The Morgan fingerprint density at radius 3 is 2.77 bits per heavy atom. The first-order valence-corrected chi connectivity index (χ1v) is 9.05. The van der Waals surface area contributed by atoms with Gasteiger partial charge in [-0.2, -0.15) is 0 Å². The largest absolute Gasteiger partial charge is 0.396 e. The molecule has 0 spiro atoms. The minimum atomic E-state index is 0.146. The summed E-state index contributed by atoms with van der Waals surface area (Å²) in [6, 6.07) is 8.35. The van der Waals surface area contributed by atoms with Crippen molar-refractivity contribution in [3.63, 3.8) is 0 Å². The van der Waals surface area contributed by atoms with Crippen LogP contribution in [0.5, 0.6) is 0 Å². The molecule has 1 aromatic carbocycles. The average molecular weight is 322 g/mol. The van der Waals surface area contributed by atoms with E-state index < -0.39 is 0 Å². The number of thioether (sulfide) groups is 1. The van der Waals surface area contributed by atoms with E-state index >= 15 is 0 Å². The number of carbonyl (C=O) groups is 1. The molecule has 5 heteroatoms. The van der Waals surface area contributed by atoms with Crippen LogP contribution in [0.25, 0.3) is 0 Å². The number of aliphatic hydroxyl groups is 1. The number of rotatable bonds is 6. The molecule has 4 nitrogen and oxygen atoms in total. The topological polar surface area (TPSA) is 43.8 Å². The summed E-state index contributed by atoms with van der Waals surface area (Å²) >= 11 is 1.72. The standard InChI is InChI=1S/C17H26N2O2S/c1-18(10-14-5-7-16(22-2)8-6-14)17(21)12-19-9-3-4-15(11-19)13-20/h5-8,15,20H,3-4,9-13H2,1-2H3. The molecule has 1 amide bonds. The predicted octanol–water partition coefficient (Wildman–Crippen LogP) is 2.07. The summed E-state index contributed by atoms with van der Waals surface area (Å²) < 4.78 is 0. The molecule has 0 radical (unpaired) electrons. The molecule has 0 aromatic heterocycles. The SMILES string of the molecule is CSc1ccc(CN(C)C(=O)CN2CCCC(CO)C2)cc1. The van der Waals surface area contributed by atoms with Gasteiger partial charge in [-0.25, -0.2) is 0 Å². The number of hydrogen-bond acceptors (Lipinski definition) is 4. The number of amides is 1. The Kier molecular flexibility index (Phi) is 6.73. The second-order valence-electron chi connectivity index (χ2n) is 6.02. The molecule has 0 bridgehead atoms. The minimum absolute atomic E-state index is 0.146. The van der Waals surface area contributed by atoms with E-state index in [0.29, 0.717) is 19.0 Å². The maximum Gasteiger partial charge on any atom is 0.236 e. The van der Waals surface area contributed by atoms with E-state index in [-0.39, 0.29) is 12.5 Å². The van der Waals surface area contributed by atoms with Gasteiger partial charge in [0.2, 0.25) is 5.91 Å². The number of piperidine rings is 1. The van der Waals surface area contributed by atoms with E-state index in [1.807, 2.05) is 7.05 Å². The Labute approximate surface area is 137 Å². The van der Waals surface area contributed by atoms with Gasteiger partial charge in [0.05, 0.1) is 6.54 Å². The van der Waals surface area contributed by atoms with Crippen molar-refractivity contribution >= 4 is 17.7 Å². The van der Waals surface area contributed by atoms with E-state index in [9.17, 15) is 9.90 Å². The number of aliphatic hydroxyl groups excluding tert-OH is 1. The van der Waals surface area contributed by atoms with E-state index in [0.717, 1.165) is 31.5 Å². The third-order valence-electron chi connectivity index (χ3n) is 4.22. The van der Waals surface area contributed by atoms with Crippen molar-refractivity contribution in [2.24, 2.45) is 5.92 Å². The Morgan fingerprint density at radius 2 is 2.14 bits per heavy atom. The zero-order valence-corrected chi connectivity index (χ0v) is 14.3. The van der Waals surface area contributed by atoms with Crippen LogP contribution in [0.1, 0.15) is 18.4 Å². The lowest BCUT2D eigenvalue weighted by Crippen LogP contribution is -2.43. The van der Waals surface area contributed by atoms with E-state index in [1.54, 1.807) is 16.7 Å². The molecule has 1 heterocycles. The van der Waals surface area contributed by atoms with Crippen molar-refractivity contribution in [2.75, 3.05) is 39.5 Å². The molecule has 1 aromatic rings. The highest BCUT2D eigenvalue weighted by Gasteiger charge is 2.22. The summed E-state index contributed by atoms with van der Waals surface area (Å²) in [6.45, 7) is 3.11. The van der Waals surface area contributed by atoms with Gasteiger partial charge in [0.1, 0.15) is 0 Å². The van der Waals surface area contributed by atoms with Crippen molar-refractivity contribution in [1.82, 2.24) is 9.80 Å². The Hall–Kier alpha value is -1.04. The molecule has 0 aliphatic carbocycles. The molecule has 122 valence electrons. The molecule has 1 aliphatic rings. The zero-order chi connectivity index (χ0) is 15.9. The van der Waals surface area contributed by atoms with Crippen LogP contribution >= 0.6 is 11.8 Å². The molecule has 1 fully saturated rings. The van der Waals surface area contributed by atoms with Crippen molar-refractivity contribution < 1.29 is 9.90 Å². The Bertz CT molecular complexity index is 478. The highest BCUT2D eigenvalue weighted by molar-refractivity contribution is 7.98. The van der Waals surface area contributed by atoms with Gasteiger partial charge >= 0.3 is 0 Å². The van der Waals surface area contributed by atoms with Gasteiger partial charge in [-0.15, -0.1) is 11.8 Å². The van der Waals surface area contributed by atoms with Crippen LogP contribution in [0.3, 0.4) is 0 Å². The minimum Gasteiger partial charge on any atom is -0.396 e. The second kappa shape index (κ2) is 8.56. The number of hydrogen-bond donors (Lipinski definition) is 1. The summed E-state index contributed by atoms with van der Waals surface area (Å²) in [5, 5.41) is 9.27. The summed E-state index contributed by atoms with van der Waals surface area (Å²) in [5.41, 5.74) is 1.15. The molecule has 1 atom stereocenters. The number of likely N-dealkylation sites (N-methyl/N-ethyl adjacent to an activating group) is 1. The molecule has 0 saturated carbocycles. The highest BCUT2D eigenvalue weighted by Crippen LogP contribution is 2.17.